The summed E-state index contributed by atoms with van der Waals surface area (Å²) in [7, 11) is -3.20. The molecule has 9 nitrogen and oxygen atoms in total. The topological polar surface area (TPSA) is 112 Å². The molecule has 2 atom stereocenters. The molecule has 26 heavy (non-hydrogen) atoms. The molecule has 0 saturated carbocycles. The zero-order valence-electron chi connectivity index (χ0n) is 14.7. The van der Waals surface area contributed by atoms with Crippen LogP contribution < -0.4 is 0 Å². The lowest BCUT2D eigenvalue weighted by Gasteiger charge is -2.43. The Labute approximate surface area is 151 Å². The monoisotopic (exact) mass is 379 g/mol. The molecule has 0 bridgehead atoms. The van der Waals surface area contributed by atoms with E-state index in [2.05, 4.69) is 20.0 Å². The molecule has 140 valence electrons. The Morgan fingerprint density at radius 3 is 2.73 bits per heavy atom. The van der Waals surface area contributed by atoms with Crippen molar-refractivity contribution < 1.29 is 17.7 Å². The summed E-state index contributed by atoms with van der Waals surface area (Å²) in [6, 6.07) is 0.962. The number of piperazine rings is 1. The van der Waals surface area contributed by atoms with Gasteiger partial charge in [-0.2, -0.15) is 0 Å². The highest BCUT2D eigenvalue weighted by atomic mass is 32.2. The first-order valence-electron chi connectivity index (χ1n) is 8.52. The fourth-order valence-electron chi connectivity index (χ4n) is 3.82. The maximum Gasteiger partial charge on any atom is 0.292 e. The Morgan fingerprint density at radius 2 is 2.08 bits per heavy atom. The molecule has 2 aromatic heterocycles. The lowest BCUT2D eigenvalue weighted by molar-refractivity contribution is 0.0272. The summed E-state index contributed by atoms with van der Waals surface area (Å²) in [5.41, 5.74) is 2.49. The van der Waals surface area contributed by atoms with Crippen molar-refractivity contribution in [1.29, 1.82) is 0 Å². The van der Waals surface area contributed by atoms with Crippen molar-refractivity contribution in [1.82, 2.24) is 24.9 Å². The van der Waals surface area contributed by atoms with E-state index in [9.17, 15) is 13.2 Å². The number of H-pyrrole nitrogens is 1. The SMILES string of the molecule is Cc1cc(C(=O)N2CCN(Cc3nc[nH]c3C)[C@H]3CS(=O)(=O)C[C@H]32)on1. The Balaban J connectivity index is 1.59. The number of hydrogen-bond acceptors (Lipinski definition) is 7. The highest BCUT2D eigenvalue weighted by molar-refractivity contribution is 7.91. The van der Waals surface area contributed by atoms with Gasteiger partial charge in [0.25, 0.3) is 5.91 Å². The average Bonchev–Trinajstić information content (AvgIpc) is 3.26. The number of sulfone groups is 1. The molecule has 4 heterocycles. The number of fused-ring (bicyclic) bond motifs is 1. The van der Waals surface area contributed by atoms with Crippen molar-refractivity contribution in [3.05, 3.63) is 35.2 Å². The lowest BCUT2D eigenvalue weighted by atomic mass is 10.0. The second-order valence-electron chi connectivity index (χ2n) is 6.99. The minimum atomic E-state index is -3.20. The number of aromatic amines is 1. The van der Waals surface area contributed by atoms with Crippen molar-refractivity contribution in [3.63, 3.8) is 0 Å². The fraction of sp³-hybridized carbons (Fsp3) is 0.562. The van der Waals surface area contributed by atoms with Crippen LogP contribution >= 0.6 is 0 Å². The minimum Gasteiger partial charge on any atom is -0.351 e. The van der Waals surface area contributed by atoms with Gasteiger partial charge in [-0.15, -0.1) is 0 Å². The standard InChI is InChI=1S/C16H21N5O4S/c1-10-5-15(25-19-10)16(22)21-4-3-20(6-12-11(2)17-9-18-12)13-7-26(23,24)8-14(13)21/h5,9,13-14H,3-4,6-8H2,1-2H3,(H,17,18)/t13-,14+/m0/s1. The summed E-state index contributed by atoms with van der Waals surface area (Å²) >= 11 is 0. The van der Waals surface area contributed by atoms with Crippen LogP contribution in [0.25, 0.3) is 0 Å². The van der Waals surface area contributed by atoms with Crippen LogP contribution in [0, 0.1) is 13.8 Å². The number of aryl methyl sites for hydroxylation is 2. The first kappa shape index (κ1) is 17.2. The van der Waals surface area contributed by atoms with Crippen LogP contribution in [0.2, 0.25) is 0 Å². The van der Waals surface area contributed by atoms with Gasteiger partial charge in [0.2, 0.25) is 5.76 Å². The van der Waals surface area contributed by atoms with E-state index < -0.39 is 9.84 Å². The summed E-state index contributed by atoms with van der Waals surface area (Å²) in [5.74, 6) is -0.108. The van der Waals surface area contributed by atoms with E-state index in [1.54, 1.807) is 24.2 Å². The van der Waals surface area contributed by atoms with E-state index in [1.165, 1.54) is 0 Å². The quantitative estimate of drug-likeness (QED) is 0.807. The van der Waals surface area contributed by atoms with E-state index in [4.69, 9.17) is 4.52 Å². The van der Waals surface area contributed by atoms with Crippen LogP contribution in [-0.2, 0) is 16.4 Å². The molecule has 2 aliphatic heterocycles. The van der Waals surface area contributed by atoms with Gasteiger partial charge in [0.05, 0.1) is 35.3 Å². The third kappa shape index (κ3) is 3.03. The van der Waals surface area contributed by atoms with Crippen LogP contribution in [0.1, 0.15) is 27.6 Å². The van der Waals surface area contributed by atoms with Gasteiger partial charge in [0.15, 0.2) is 9.84 Å². The summed E-state index contributed by atoms with van der Waals surface area (Å²) in [6.07, 6.45) is 1.64. The molecule has 1 N–H and O–H groups in total. The molecule has 4 rings (SSSR count). The molecule has 2 aromatic rings. The number of nitrogens with one attached hydrogen (secondary N) is 1. The minimum absolute atomic E-state index is 0.0213. The molecule has 2 saturated heterocycles. The molecule has 1 amide bonds. The largest absolute Gasteiger partial charge is 0.351 e. The van der Waals surface area contributed by atoms with Crippen molar-refractivity contribution in [3.8, 4) is 0 Å². The van der Waals surface area contributed by atoms with Crippen LogP contribution in [0.4, 0.5) is 0 Å². The van der Waals surface area contributed by atoms with Gasteiger partial charge >= 0.3 is 0 Å². The molecule has 0 aromatic carbocycles. The van der Waals surface area contributed by atoms with Gasteiger partial charge in [-0.05, 0) is 13.8 Å². The van der Waals surface area contributed by atoms with Crippen LogP contribution in [0.3, 0.4) is 0 Å². The fourth-order valence-corrected chi connectivity index (χ4v) is 5.83. The van der Waals surface area contributed by atoms with E-state index in [0.717, 1.165) is 11.4 Å². The molecule has 0 unspecified atom stereocenters. The molecule has 2 aliphatic rings. The zero-order chi connectivity index (χ0) is 18.5. The molecule has 0 aliphatic carbocycles. The van der Waals surface area contributed by atoms with Gasteiger partial charge in [0, 0.05) is 37.4 Å². The van der Waals surface area contributed by atoms with Crippen molar-refractivity contribution in [2.45, 2.75) is 32.5 Å². The van der Waals surface area contributed by atoms with Gasteiger partial charge in [0.1, 0.15) is 0 Å². The summed E-state index contributed by atoms with van der Waals surface area (Å²) in [4.78, 5) is 23.9. The molecule has 2 fully saturated rings. The van der Waals surface area contributed by atoms with Gasteiger partial charge in [-0.3, -0.25) is 9.69 Å². The number of carbonyl (C=O) groups excluding carboxylic acids is 1. The highest BCUT2D eigenvalue weighted by Crippen LogP contribution is 2.29. The van der Waals surface area contributed by atoms with Crippen molar-refractivity contribution in [2.24, 2.45) is 0 Å². The first-order chi connectivity index (χ1) is 12.3. The predicted molar refractivity (Wildman–Crippen MR) is 92.2 cm³/mol. The number of amides is 1. The second-order valence-corrected chi connectivity index (χ2v) is 9.14. The Kier molecular flexibility index (Phi) is 4.11. The van der Waals surface area contributed by atoms with Crippen LogP contribution in [-0.4, -0.2) is 75.9 Å². The predicted octanol–water partition coefficient (Wildman–Crippen LogP) is 0.138. The summed E-state index contributed by atoms with van der Waals surface area (Å²) in [5, 5.41) is 3.76. The number of rotatable bonds is 3. The molecule has 10 heteroatoms. The molecule has 0 radical (unpaired) electrons. The number of aromatic nitrogens is 3. The van der Waals surface area contributed by atoms with E-state index in [1.807, 2.05) is 6.92 Å². The maximum atomic E-state index is 12.8. The van der Waals surface area contributed by atoms with Gasteiger partial charge < -0.3 is 14.4 Å². The van der Waals surface area contributed by atoms with Crippen LogP contribution in [0.15, 0.2) is 16.9 Å². The third-order valence-electron chi connectivity index (χ3n) is 5.18. The molecule has 0 spiro atoms. The van der Waals surface area contributed by atoms with Crippen LogP contribution in [0.5, 0.6) is 0 Å². The average molecular weight is 379 g/mol. The summed E-state index contributed by atoms with van der Waals surface area (Å²) in [6.45, 7) is 5.28. The number of nitrogens with zero attached hydrogens (tertiary/aromatic N) is 4. The maximum absolute atomic E-state index is 12.8. The van der Waals surface area contributed by atoms with Gasteiger partial charge in [-0.1, -0.05) is 5.16 Å². The lowest BCUT2D eigenvalue weighted by Crippen LogP contribution is -2.60. The van der Waals surface area contributed by atoms with E-state index in [-0.39, 0.29) is 35.3 Å². The van der Waals surface area contributed by atoms with Gasteiger partial charge in [-0.25, -0.2) is 13.4 Å². The second kappa shape index (κ2) is 6.20. The molecular formula is C16H21N5O4S. The number of carbonyl (C=O) groups is 1. The number of hydrogen-bond donors (Lipinski definition) is 1. The highest BCUT2D eigenvalue weighted by Gasteiger charge is 2.48. The third-order valence-corrected chi connectivity index (χ3v) is 6.88. The Hall–Kier alpha value is -2.20. The molecular weight excluding hydrogens is 358 g/mol. The summed E-state index contributed by atoms with van der Waals surface area (Å²) < 4.78 is 29.7. The Bertz CT molecular complexity index is 934. The normalized spacial score (nSPS) is 25.4. The smallest absolute Gasteiger partial charge is 0.292 e. The first-order valence-corrected chi connectivity index (χ1v) is 10.3. The van der Waals surface area contributed by atoms with E-state index in [0.29, 0.717) is 25.3 Å². The van der Waals surface area contributed by atoms with Crippen molar-refractivity contribution >= 4 is 15.7 Å². The Morgan fingerprint density at radius 1 is 1.31 bits per heavy atom. The van der Waals surface area contributed by atoms with E-state index >= 15 is 0 Å². The zero-order valence-corrected chi connectivity index (χ0v) is 15.5. The number of imidazole rings is 1. The van der Waals surface area contributed by atoms with Crippen molar-refractivity contribution in [2.75, 3.05) is 24.6 Å².